The Hall–Kier alpha value is -3.89. The molecule has 1 amide bonds. The third-order valence-electron chi connectivity index (χ3n) is 4.69. The molecule has 3 aromatic rings. The Labute approximate surface area is 189 Å². The number of aromatic carboxylic acids is 1. The summed E-state index contributed by atoms with van der Waals surface area (Å²) >= 11 is 0. The number of amides is 1. The van der Waals surface area contributed by atoms with Gasteiger partial charge >= 0.3 is 5.97 Å². The van der Waals surface area contributed by atoms with Gasteiger partial charge in [-0.25, -0.2) is 21.6 Å². The first-order valence-corrected chi connectivity index (χ1v) is 12.8. The van der Waals surface area contributed by atoms with Gasteiger partial charge in [0.2, 0.25) is 20.0 Å². The number of carbonyl (C=O) groups is 2. The first kappa shape index (κ1) is 23.8. The van der Waals surface area contributed by atoms with E-state index in [1.807, 2.05) is 6.07 Å². The number of rotatable bonds is 6. The zero-order chi connectivity index (χ0) is 24.7. The number of aryl methyl sites for hydroxylation is 1. The van der Waals surface area contributed by atoms with Crippen LogP contribution in [0.2, 0.25) is 0 Å². The summed E-state index contributed by atoms with van der Waals surface area (Å²) in [4.78, 5) is 24.5. The van der Waals surface area contributed by atoms with E-state index in [0.29, 0.717) is 5.39 Å². The van der Waals surface area contributed by atoms with E-state index in [-0.39, 0.29) is 37.4 Å². The highest BCUT2D eigenvalue weighted by Crippen LogP contribution is 2.32. The smallest absolute Gasteiger partial charge is 0.337 e. The number of nitrogens with one attached hydrogen (secondary N) is 1. The van der Waals surface area contributed by atoms with Crippen LogP contribution in [0.5, 0.6) is 0 Å². The Balaban J connectivity index is 2.15. The van der Waals surface area contributed by atoms with Crippen molar-refractivity contribution in [1.29, 1.82) is 5.26 Å². The Bertz CT molecular complexity index is 1530. The molecule has 0 saturated carbocycles. The van der Waals surface area contributed by atoms with Gasteiger partial charge in [0.1, 0.15) is 5.69 Å². The molecule has 172 valence electrons. The zero-order valence-electron chi connectivity index (χ0n) is 17.6. The molecule has 2 N–H and O–H groups in total. The van der Waals surface area contributed by atoms with Gasteiger partial charge in [0, 0.05) is 12.4 Å². The summed E-state index contributed by atoms with van der Waals surface area (Å²) in [6.07, 6.45) is 1.50. The van der Waals surface area contributed by atoms with Crippen molar-refractivity contribution in [3.8, 4) is 6.07 Å². The lowest BCUT2D eigenvalue weighted by molar-refractivity contribution is 0.0698. The van der Waals surface area contributed by atoms with Gasteiger partial charge in [-0.15, -0.1) is 0 Å². The second kappa shape index (κ2) is 8.23. The fourth-order valence-electron chi connectivity index (χ4n) is 3.45. The molecule has 0 unspecified atom stereocenters. The van der Waals surface area contributed by atoms with Crippen LogP contribution in [0.1, 0.15) is 26.4 Å². The van der Waals surface area contributed by atoms with Crippen molar-refractivity contribution in [2.24, 2.45) is 7.05 Å². The van der Waals surface area contributed by atoms with Gasteiger partial charge in [-0.3, -0.25) is 4.79 Å². The Morgan fingerprint density at radius 3 is 2.24 bits per heavy atom. The third kappa shape index (κ3) is 4.52. The van der Waals surface area contributed by atoms with E-state index in [1.165, 1.54) is 41.9 Å². The number of hydrogen-bond acceptors (Lipinski definition) is 7. The van der Waals surface area contributed by atoms with Gasteiger partial charge in [0.05, 0.1) is 46.6 Å². The minimum Gasteiger partial charge on any atom is -0.478 e. The van der Waals surface area contributed by atoms with Crippen molar-refractivity contribution in [3.63, 3.8) is 0 Å². The lowest BCUT2D eigenvalue weighted by Crippen LogP contribution is -2.35. The molecule has 0 spiro atoms. The van der Waals surface area contributed by atoms with Gasteiger partial charge < -0.3 is 15.0 Å². The van der Waals surface area contributed by atoms with Crippen LogP contribution in [-0.4, -0.2) is 50.9 Å². The molecule has 2 aromatic carbocycles. The second-order valence-electron chi connectivity index (χ2n) is 7.16. The first-order valence-electron chi connectivity index (χ1n) is 9.13. The molecule has 0 aliphatic heterocycles. The Morgan fingerprint density at radius 2 is 1.70 bits per heavy atom. The van der Waals surface area contributed by atoms with Crippen LogP contribution in [0.3, 0.4) is 0 Å². The summed E-state index contributed by atoms with van der Waals surface area (Å²) < 4.78 is 50.6. The number of carboxylic acids is 1. The molecule has 0 fully saturated rings. The molecule has 33 heavy (non-hydrogen) atoms. The van der Waals surface area contributed by atoms with Crippen molar-refractivity contribution >= 4 is 54.2 Å². The average molecular weight is 491 g/mol. The molecule has 1 aromatic heterocycles. The lowest BCUT2D eigenvalue weighted by Gasteiger charge is -2.21. The minimum absolute atomic E-state index is 0.0140. The number of sulfonamides is 2. The molecule has 11 nitrogen and oxygen atoms in total. The quantitative estimate of drug-likeness (QED) is 0.527. The van der Waals surface area contributed by atoms with Crippen LogP contribution in [0.15, 0.2) is 42.5 Å². The summed E-state index contributed by atoms with van der Waals surface area (Å²) in [6.45, 7) is 0. The van der Waals surface area contributed by atoms with E-state index in [2.05, 4.69) is 5.32 Å². The first-order chi connectivity index (χ1) is 15.3. The monoisotopic (exact) mass is 490 g/mol. The van der Waals surface area contributed by atoms with Gasteiger partial charge in [0.25, 0.3) is 5.91 Å². The molecule has 0 aliphatic carbocycles. The van der Waals surface area contributed by atoms with Crippen LogP contribution in [0, 0.1) is 11.3 Å². The maximum Gasteiger partial charge on any atom is 0.337 e. The maximum atomic E-state index is 13.0. The van der Waals surface area contributed by atoms with E-state index in [9.17, 15) is 31.5 Å². The van der Waals surface area contributed by atoms with Crippen LogP contribution in [0.25, 0.3) is 10.9 Å². The highest BCUT2D eigenvalue weighted by molar-refractivity contribution is 8.09. The zero-order valence-corrected chi connectivity index (χ0v) is 19.2. The average Bonchev–Trinajstić information content (AvgIpc) is 3.03. The fraction of sp³-hybridized carbons (Fsp3) is 0.150. The highest BCUT2D eigenvalue weighted by atomic mass is 32.3. The SMILES string of the molecule is Cn1c(C(=O)Nc2ccc(C#N)cc2C(=O)O)cc2cccc(N(S(C)(=O)=O)S(C)(=O)=O)c21. The predicted molar refractivity (Wildman–Crippen MR) is 121 cm³/mol. The van der Waals surface area contributed by atoms with Crippen LogP contribution >= 0.6 is 0 Å². The van der Waals surface area contributed by atoms with Crippen molar-refractivity contribution < 1.29 is 31.5 Å². The fourth-order valence-corrected chi connectivity index (χ4v) is 6.43. The molecule has 0 bridgehead atoms. The van der Waals surface area contributed by atoms with E-state index in [4.69, 9.17) is 5.26 Å². The predicted octanol–water partition coefficient (Wildman–Crippen LogP) is 1.73. The number of hydrogen-bond donors (Lipinski definition) is 2. The van der Waals surface area contributed by atoms with Crippen molar-refractivity contribution in [2.45, 2.75) is 0 Å². The molecule has 0 atom stereocenters. The summed E-state index contributed by atoms with van der Waals surface area (Å²) in [7, 11) is -7.01. The Morgan fingerprint density at radius 1 is 1.06 bits per heavy atom. The Kier molecular flexibility index (Phi) is 5.93. The van der Waals surface area contributed by atoms with Gasteiger partial charge in [-0.05, 0) is 30.3 Å². The lowest BCUT2D eigenvalue weighted by atomic mass is 10.1. The number of carboxylic acid groups (broad SMARTS) is 1. The summed E-state index contributed by atoms with van der Waals surface area (Å²) in [5, 5.41) is 21.2. The maximum absolute atomic E-state index is 13.0. The topological polar surface area (TPSA) is 167 Å². The molecular weight excluding hydrogens is 472 g/mol. The van der Waals surface area contributed by atoms with E-state index in [0.717, 1.165) is 18.6 Å². The molecular formula is C20H18N4O7S2. The second-order valence-corrected chi connectivity index (χ2v) is 11.1. The van der Waals surface area contributed by atoms with Crippen molar-refractivity contribution in [2.75, 3.05) is 21.5 Å². The summed E-state index contributed by atoms with van der Waals surface area (Å²) in [6, 6.07) is 11.3. The number of para-hydroxylation sites is 1. The molecule has 13 heteroatoms. The molecule has 0 aliphatic rings. The summed E-state index contributed by atoms with van der Waals surface area (Å²) in [5.74, 6) is -2.07. The highest BCUT2D eigenvalue weighted by Gasteiger charge is 2.30. The van der Waals surface area contributed by atoms with E-state index in [1.54, 1.807) is 6.07 Å². The van der Waals surface area contributed by atoms with Crippen molar-refractivity contribution in [3.05, 3.63) is 59.3 Å². The normalized spacial score (nSPS) is 11.7. The molecule has 0 radical (unpaired) electrons. The van der Waals surface area contributed by atoms with Gasteiger partial charge in [-0.2, -0.15) is 8.97 Å². The standard InChI is InChI=1S/C20H18N4O7S2/c1-23-17(19(25)22-15-8-7-12(11-21)9-14(15)20(26)27)10-13-5-4-6-16(18(13)23)24(32(2,28)29)33(3,30)31/h4-10H,1-3H3,(H,22,25)(H,26,27). The summed E-state index contributed by atoms with van der Waals surface area (Å²) in [5.41, 5.74) is -0.227. The molecule has 3 rings (SSSR count). The van der Waals surface area contributed by atoms with Crippen LogP contribution in [-0.2, 0) is 27.1 Å². The van der Waals surface area contributed by atoms with E-state index < -0.39 is 31.9 Å². The number of nitriles is 1. The van der Waals surface area contributed by atoms with Gasteiger partial charge in [-0.1, -0.05) is 12.1 Å². The van der Waals surface area contributed by atoms with Crippen LogP contribution < -0.4 is 9.03 Å². The third-order valence-corrected chi connectivity index (χ3v) is 7.92. The number of anilines is 2. The van der Waals surface area contributed by atoms with Crippen molar-refractivity contribution in [1.82, 2.24) is 4.57 Å². The van der Waals surface area contributed by atoms with E-state index >= 15 is 0 Å². The largest absolute Gasteiger partial charge is 0.478 e. The van der Waals surface area contributed by atoms with Gasteiger partial charge in [0.15, 0.2) is 0 Å². The number of fused-ring (bicyclic) bond motifs is 1. The minimum atomic E-state index is -4.23. The number of carbonyl (C=O) groups excluding carboxylic acids is 1. The number of aromatic nitrogens is 1. The molecule has 0 saturated heterocycles. The number of benzene rings is 2. The van der Waals surface area contributed by atoms with Crippen LogP contribution in [0.4, 0.5) is 11.4 Å². The number of nitrogens with zero attached hydrogens (tertiary/aromatic N) is 3. The molecule has 1 heterocycles.